The van der Waals surface area contributed by atoms with Crippen LogP contribution in [0.1, 0.15) is 23.1 Å². The molecule has 0 aliphatic carbocycles. The van der Waals surface area contributed by atoms with Gasteiger partial charge in [0.15, 0.2) is 0 Å². The Kier molecular flexibility index (Phi) is 3.81. The molecule has 1 aliphatic heterocycles. The highest BCUT2D eigenvalue weighted by Crippen LogP contribution is 2.20. The van der Waals surface area contributed by atoms with Gasteiger partial charge in [-0.1, -0.05) is 36.4 Å². The number of hydrogen-bond donors (Lipinski definition) is 0. The molecule has 1 aromatic heterocycles. The SMILES string of the molecule is Cc1cccc2c1cnn2CCC(=O)N1CCc2ccccc2C1. The maximum absolute atomic E-state index is 12.6. The van der Waals surface area contributed by atoms with Crippen LogP contribution >= 0.6 is 0 Å². The van der Waals surface area contributed by atoms with Crippen molar-refractivity contribution in [1.82, 2.24) is 14.7 Å². The van der Waals surface area contributed by atoms with Crippen molar-refractivity contribution >= 4 is 16.8 Å². The summed E-state index contributed by atoms with van der Waals surface area (Å²) in [5.41, 5.74) is 4.97. The number of carbonyl (C=O) groups excluding carboxylic acids is 1. The maximum Gasteiger partial charge on any atom is 0.224 e. The summed E-state index contributed by atoms with van der Waals surface area (Å²) in [6, 6.07) is 14.6. The highest BCUT2D eigenvalue weighted by Gasteiger charge is 2.20. The Bertz CT molecular complexity index is 897. The molecule has 3 aromatic rings. The fourth-order valence-electron chi connectivity index (χ4n) is 3.49. The number of aryl methyl sites for hydroxylation is 2. The van der Waals surface area contributed by atoms with Gasteiger partial charge >= 0.3 is 0 Å². The minimum absolute atomic E-state index is 0.209. The van der Waals surface area contributed by atoms with Gasteiger partial charge in [-0.05, 0) is 36.1 Å². The van der Waals surface area contributed by atoms with Crippen LogP contribution in [-0.2, 0) is 24.3 Å². The first-order valence-electron chi connectivity index (χ1n) is 8.48. The van der Waals surface area contributed by atoms with E-state index in [1.807, 2.05) is 27.9 Å². The maximum atomic E-state index is 12.6. The standard InChI is InChI=1S/C20H21N3O/c1-15-5-4-8-19-18(15)13-21-23(19)12-10-20(24)22-11-9-16-6-2-3-7-17(16)14-22/h2-8,13H,9-12,14H2,1H3. The summed E-state index contributed by atoms with van der Waals surface area (Å²) < 4.78 is 1.94. The Hall–Kier alpha value is -2.62. The van der Waals surface area contributed by atoms with Gasteiger partial charge in [-0.3, -0.25) is 9.48 Å². The fourth-order valence-corrected chi connectivity index (χ4v) is 3.49. The number of aromatic nitrogens is 2. The number of nitrogens with zero attached hydrogens (tertiary/aromatic N) is 3. The summed E-state index contributed by atoms with van der Waals surface area (Å²) >= 11 is 0. The average Bonchev–Trinajstić information content (AvgIpc) is 3.04. The van der Waals surface area contributed by atoms with Crippen LogP contribution < -0.4 is 0 Å². The van der Waals surface area contributed by atoms with Crippen molar-refractivity contribution in [2.24, 2.45) is 0 Å². The van der Waals surface area contributed by atoms with Gasteiger partial charge in [0.1, 0.15) is 0 Å². The molecule has 0 unspecified atom stereocenters. The van der Waals surface area contributed by atoms with Gasteiger partial charge < -0.3 is 4.90 Å². The Morgan fingerprint density at radius 3 is 2.83 bits per heavy atom. The largest absolute Gasteiger partial charge is 0.338 e. The van der Waals surface area contributed by atoms with Gasteiger partial charge in [0.05, 0.1) is 18.3 Å². The number of amides is 1. The molecule has 0 saturated heterocycles. The predicted molar refractivity (Wildman–Crippen MR) is 94.7 cm³/mol. The molecule has 4 nitrogen and oxygen atoms in total. The summed E-state index contributed by atoms with van der Waals surface area (Å²) in [7, 11) is 0. The number of benzene rings is 2. The predicted octanol–water partition coefficient (Wildman–Crippen LogP) is 3.32. The summed E-state index contributed by atoms with van der Waals surface area (Å²) in [5, 5.41) is 5.62. The molecule has 0 spiro atoms. The summed E-state index contributed by atoms with van der Waals surface area (Å²) in [6.45, 7) is 4.26. The van der Waals surface area contributed by atoms with Gasteiger partial charge in [-0.2, -0.15) is 5.10 Å². The summed E-state index contributed by atoms with van der Waals surface area (Å²) in [6.07, 6.45) is 3.34. The second-order valence-corrected chi connectivity index (χ2v) is 6.46. The first-order valence-corrected chi connectivity index (χ1v) is 8.48. The Labute approximate surface area is 141 Å². The van der Waals surface area contributed by atoms with E-state index in [1.54, 1.807) is 0 Å². The molecule has 0 fully saturated rings. The zero-order valence-corrected chi connectivity index (χ0v) is 13.9. The molecule has 4 heteroatoms. The zero-order valence-electron chi connectivity index (χ0n) is 13.9. The van der Waals surface area contributed by atoms with E-state index in [-0.39, 0.29) is 5.91 Å². The second-order valence-electron chi connectivity index (χ2n) is 6.46. The molecular formula is C20H21N3O. The molecule has 0 atom stereocenters. The Morgan fingerprint density at radius 2 is 1.96 bits per heavy atom. The quantitative estimate of drug-likeness (QED) is 0.743. The van der Waals surface area contributed by atoms with Gasteiger partial charge in [0, 0.05) is 24.9 Å². The lowest BCUT2D eigenvalue weighted by molar-refractivity contribution is -0.132. The van der Waals surface area contributed by atoms with Gasteiger partial charge in [0.2, 0.25) is 5.91 Å². The van der Waals surface area contributed by atoms with Crippen molar-refractivity contribution in [2.45, 2.75) is 32.9 Å². The van der Waals surface area contributed by atoms with Crippen LogP contribution in [0.2, 0.25) is 0 Å². The van der Waals surface area contributed by atoms with E-state index in [0.717, 1.165) is 30.4 Å². The van der Waals surface area contributed by atoms with E-state index < -0.39 is 0 Å². The van der Waals surface area contributed by atoms with Crippen molar-refractivity contribution in [1.29, 1.82) is 0 Å². The van der Waals surface area contributed by atoms with Crippen LogP contribution in [0.25, 0.3) is 10.9 Å². The number of hydrogen-bond acceptors (Lipinski definition) is 2. The van der Waals surface area contributed by atoms with Gasteiger partial charge in [-0.15, -0.1) is 0 Å². The molecule has 122 valence electrons. The summed E-state index contributed by atoms with van der Waals surface area (Å²) in [4.78, 5) is 14.6. The average molecular weight is 319 g/mol. The van der Waals surface area contributed by atoms with Gasteiger partial charge in [0.25, 0.3) is 0 Å². The van der Waals surface area contributed by atoms with Crippen LogP contribution in [0.4, 0.5) is 0 Å². The first kappa shape index (κ1) is 14.9. The molecule has 1 aliphatic rings. The number of carbonyl (C=O) groups is 1. The third-order valence-electron chi connectivity index (χ3n) is 4.93. The number of fused-ring (bicyclic) bond motifs is 2. The highest BCUT2D eigenvalue weighted by atomic mass is 16.2. The molecule has 0 N–H and O–H groups in total. The smallest absolute Gasteiger partial charge is 0.224 e. The minimum atomic E-state index is 0.209. The van der Waals surface area contributed by atoms with Crippen LogP contribution in [0.5, 0.6) is 0 Å². The van der Waals surface area contributed by atoms with Crippen LogP contribution in [0, 0.1) is 6.92 Å². The zero-order chi connectivity index (χ0) is 16.5. The lowest BCUT2D eigenvalue weighted by Crippen LogP contribution is -2.36. The van der Waals surface area contributed by atoms with E-state index >= 15 is 0 Å². The van der Waals surface area contributed by atoms with E-state index in [4.69, 9.17) is 0 Å². The third-order valence-corrected chi connectivity index (χ3v) is 4.93. The Balaban J connectivity index is 1.44. The summed E-state index contributed by atoms with van der Waals surface area (Å²) in [5.74, 6) is 0.209. The van der Waals surface area contributed by atoms with Crippen molar-refractivity contribution < 1.29 is 4.79 Å². The van der Waals surface area contributed by atoms with Crippen molar-refractivity contribution in [3.05, 3.63) is 65.4 Å². The third kappa shape index (κ3) is 2.68. The minimum Gasteiger partial charge on any atom is -0.338 e. The van der Waals surface area contributed by atoms with Crippen LogP contribution in [0.15, 0.2) is 48.7 Å². The molecule has 4 rings (SSSR count). The van der Waals surface area contributed by atoms with E-state index in [2.05, 4.69) is 42.4 Å². The van der Waals surface area contributed by atoms with E-state index in [9.17, 15) is 4.79 Å². The molecule has 1 amide bonds. The lowest BCUT2D eigenvalue weighted by Gasteiger charge is -2.29. The second kappa shape index (κ2) is 6.11. The molecule has 0 bridgehead atoms. The van der Waals surface area contributed by atoms with Crippen molar-refractivity contribution in [3.63, 3.8) is 0 Å². The first-order chi connectivity index (χ1) is 11.7. The van der Waals surface area contributed by atoms with E-state index in [0.29, 0.717) is 13.0 Å². The lowest BCUT2D eigenvalue weighted by atomic mass is 10.00. The molecule has 24 heavy (non-hydrogen) atoms. The Morgan fingerprint density at radius 1 is 1.12 bits per heavy atom. The highest BCUT2D eigenvalue weighted by molar-refractivity contribution is 5.82. The van der Waals surface area contributed by atoms with E-state index in [1.165, 1.54) is 16.7 Å². The molecule has 2 aromatic carbocycles. The van der Waals surface area contributed by atoms with Crippen LogP contribution in [0.3, 0.4) is 0 Å². The van der Waals surface area contributed by atoms with Crippen molar-refractivity contribution in [3.8, 4) is 0 Å². The number of rotatable bonds is 3. The fraction of sp³-hybridized carbons (Fsp3) is 0.300. The van der Waals surface area contributed by atoms with Crippen LogP contribution in [-0.4, -0.2) is 27.1 Å². The monoisotopic (exact) mass is 319 g/mol. The van der Waals surface area contributed by atoms with Crippen molar-refractivity contribution in [2.75, 3.05) is 6.54 Å². The molecular weight excluding hydrogens is 298 g/mol. The molecule has 0 saturated carbocycles. The molecule has 0 radical (unpaired) electrons. The van der Waals surface area contributed by atoms with Gasteiger partial charge in [-0.25, -0.2) is 0 Å². The topological polar surface area (TPSA) is 38.1 Å². The molecule has 2 heterocycles. The normalized spacial score (nSPS) is 14.0.